The van der Waals surface area contributed by atoms with Gasteiger partial charge in [0.1, 0.15) is 0 Å². The molecular weight excluding hydrogens is 366 g/mol. The number of anilines is 1. The fourth-order valence-corrected chi connectivity index (χ4v) is 2.52. The number of hydrogen-bond donors (Lipinski definition) is 1. The zero-order chi connectivity index (χ0) is 20.3. The van der Waals surface area contributed by atoms with Gasteiger partial charge in [-0.15, -0.1) is 0 Å². The molecule has 1 aliphatic rings. The minimum atomic E-state index is -0.667. The van der Waals surface area contributed by atoms with Crippen LogP contribution in [-0.2, 0) is 14.3 Å². The highest BCUT2D eigenvalue weighted by Crippen LogP contribution is 2.29. The van der Waals surface area contributed by atoms with Crippen molar-refractivity contribution < 1.29 is 24.0 Å². The molecule has 1 heterocycles. The van der Waals surface area contributed by atoms with Crippen LogP contribution in [0.5, 0.6) is 5.75 Å². The highest BCUT2D eigenvalue weighted by Gasteiger charge is 2.26. The largest absolute Gasteiger partial charge is 0.490 e. The molecule has 0 atom stereocenters. The predicted molar refractivity (Wildman–Crippen MR) is 101 cm³/mol. The normalized spacial score (nSPS) is 14.4. The summed E-state index contributed by atoms with van der Waals surface area (Å²) >= 11 is 0. The van der Waals surface area contributed by atoms with Crippen molar-refractivity contribution in [2.45, 2.75) is 6.92 Å². The van der Waals surface area contributed by atoms with E-state index >= 15 is 0 Å². The summed E-state index contributed by atoms with van der Waals surface area (Å²) in [5, 5.41) is 13.8. The van der Waals surface area contributed by atoms with E-state index in [0.717, 1.165) is 0 Å². The van der Waals surface area contributed by atoms with E-state index in [2.05, 4.69) is 10.3 Å². The Labute approximate surface area is 159 Å². The lowest BCUT2D eigenvalue weighted by Crippen LogP contribution is -2.06. The number of amides is 1. The molecule has 2 aromatic carbocycles. The zero-order valence-corrected chi connectivity index (χ0v) is 15.0. The summed E-state index contributed by atoms with van der Waals surface area (Å²) in [5.41, 5.74) is 1.38. The van der Waals surface area contributed by atoms with Gasteiger partial charge in [0.2, 0.25) is 11.8 Å². The number of rotatable bonds is 5. The van der Waals surface area contributed by atoms with Gasteiger partial charge in [-0.2, -0.15) is 0 Å². The lowest BCUT2D eigenvalue weighted by molar-refractivity contribution is -0.385. The van der Waals surface area contributed by atoms with Gasteiger partial charge < -0.3 is 14.8 Å². The molecule has 2 aromatic rings. The third-order valence-electron chi connectivity index (χ3n) is 3.78. The first-order valence-electron chi connectivity index (χ1n) is 8.10. The van der Waals surface area contributed by atoms with Crippen LogP contribution in [0.2, 0.25) is 0 Å². The molecule has 9 heteroatoms. The number of nitro groups is 1. The molecule has 0 saturated carbocycles. The Morgan fingerprint density at radius 3 is 2.57 bits per heavy atom. The molecule has 1 aliphatic heterocycles. The van der Waals surface area contributed by atoms with Gasteiger partial charge in [0, 0.05) is 24.2 Å². The summed E-state index contributed by atoms with van der Waals surface area (Å²) in [4.78, 5) is 37.8. The minimum absolute atomic E-state index is 0.0307. The van der Waals surface area contributed by atoms with E-state index in [0.29, 0.717) is 11.3 Å². The van der Waals surface area contributed by atoms with E-state index in [1.165, 1.54) is 38.3 Å². The predicted octanol–water partition coefficient (Wildman–Crippen LogP) is 2.91. The summed E-state index contributed by atoms with van der Waals surface area (Å²) in [7, 11) is 1.33. The summed E-state index contributed by atoms with van der Waals surface area (Å²) in [6, 6.07) is 10.9. The van der Waals surface area contributed by atoms with Crippen molar-refractivity contribution in [1.82, 2.24) is 0 Å². The van der Waals surface area contributed by atoms with Gasteiger partial charge in [0.05, 0.1) is 12.0 Å². The van der Waals surface area contributed by atoms with Crippen molar-refractivity contribution in [1.29, 1.82) is 0 Å². The highest BCUT2D eigenvalue weighted by atomic mass is 16.6. The molecule has 1 N–H and O–H groups in total. The second-order valence-electron chi connectivity index (χ2n) is 5.78. The van der Waals surface area contributed by atoms with Gasteiger partial charge in [-0.1, -0.05) is 12.1 Å². The van der Waals surface area contributed by atoms with Crippen LogP contribution in [0.3, 0.4) is 0 Å². The van der Waals surface area contributed by atoms with Crippen LogP contribution in [0.25, 0.3) is 6.08 Å². The topological polar surface area (TPSA) is 120 Å². The minimum Gasteiger partial charge on any atom is -0.490 e. The average molecular weight is 381 g/mol. The van der Waals surface area contributed by atoms with Crippen molar-refractivity contribution >= 4 is 35.2 Å². The maximum absolute atomic E-state index is 12.1. The van der Waals surface area contributed by atoms with Gasteiger partial charge in [-0.3, -0.25) is 14.9 Å². The molecule has 28 heavy (non-hydrogen) atoms. The summed E-state index contributed by atoms with van der Waals surface area (Å²) in [6.07, 6.45) is 1.52. The molecular formula is C19H15N3O6. The number of benzene rings is 2. The number of methoxy groups -OCH3 is 1. The van der Waals surface area contributed by atoms with Crippen LogP contribution in [0.1, 0.15) is 18.1 Å². The van der Waals surface area contributed by atoms with Crippen LogP contribution in [0.4, 0.5) is 11.4 Å². The number of nitrogens with one attached hydrogen (secondary N) is 1. The van der Waals surface area contributed by atoms with Crippen LogP contribution in [0.15, 0.2) is 53.2 Å². The number of ether oxygens (including phenoxy) is 2. The first kappa shape index (κ1) is 18.8. The maximum Gasteiger partial charge on any atom is 0.363 e. The molecule has 9 nitrogen and oxygen atoms in total. The fraction of sp³-hybridized carbons (Fsp3) is 0.105. The monoisotopic (exact) mass is 381 g/mol. The maximum atomic E-state index is 12.1. The standard InChI is InChI=1S/C19H15N3O6/c1-11(23)20-14-6-3-12(4-7-14)9-15-19(24)28-18(21-15)13-5-8-17(27-2)16(10-13)22(25)26/h3-10H,1-2H3,(H,20,23)/b15-9-. The van der Waals surface area contributed by atoms with Crippen LogP contribution < -0.4 is 10.1 Å². The van der Waals surface area contributed by atoms with Crippen molar-refractivity contribution in [3.63, 3.8) is 0 Å². The van der Waals surface area contributed by atoms with E-state index in [4.69, 9.17) is 9.47 Å². The number of nitrogens with zero attached hydrogens (tertiary/aromatic N) is 2. The van der Waals surface area contributed by atoms with Crippen molar-refractivity contribution in [2.24, 2.45) is 4.99 Å². The third kappa shape index (κ3) is 4.04. The Morgan fingerprint density at radius 2 is 1.96 bits per heavy atom. The molecule has 142 valence electrons. The van der Waals surface area contributed by atoms with Gasteiger partial charge >= 0.3 is 11.7 Å². The third-order valence-corrected chi connectivity index (χ3v) is 3.78. The average Bonchev–Trinajstić information content (AvgIpc) is 3.02. The molecule has 0 spiro atoms. The van der Waals surface area contributed by atoms with E-state index in [-0.39, 0.29) is 34.5 Å². The second kappa shape index (κ2) is 7.70. The summed E-state index contributed by atoms with van der Waals surface area (Å²) in [6.45, 7) is 1.41. The molecule has 0 aliphatic carbocycles. The Hall–Kier alpha value is -4.01. The smallest absolute Gasteiger partial charge is 0.363 e. The Morgan fingerprint density at radius 1 is 1.25 bits per heavy atom. The lowest BCUT2D eigenvalue weighted by atomic mass is 10.1. The Bertz CT molecular complexity index is 1020. The quantitative estimate of drug-likeness (QED) is 0.368. The highest BCUT2D eigenvalue weighted by molar-refractivity contribution is 6.13. The molecule has 0 saturated heterocycles. The molecule has 0 radical (unpaired) electrons. The van der Waals surface area contributed by atoms with Gasteiger partial charge in [-0.25, -0.2) is 9.79 Å². The van der Waals surface area contributed by atoms with Gasteiger partial charge in [-0.05, 0) is 35.9 Å². The SMILES string of the molecule is COc1ccc(C2=N/C(=C\c3ccc(NC(C)=O)cc3)C(=O)O2)cc1[N+](=O)[O-]. The Kier molecular flexibility index (Phi) is 5.16. The van der Waals surface area contributed by atoms with Crippen molar-refractivity contribution in [3.8, 4) is 5.75 Å². The second-order valence-corrected chi connectivity index (χ2v) is 5.78. The number of esters is 1. The van der Waals surface area contributed by atoms with E-state index < -0.39 is 10.9 Å². The Balaban J connectivity index is 1.88. The molecule has 0 unspecified atom stereocenters. The molecule has 0 fully saturated rings. The number of cyclic esters (lactones) is 1. The first-order valence-corrected chi connectivity index (χ1v) is 8.10. The molecule has 3 rings (SSSR count). The first-order chi connectivity index (χ1) is 13.4. The summed E-state index contributed by atoms with van der Waals surface area (Å²) < 4.78 is 10.1. The van der Waals surface area contributed by atoms with Crippen LogP contribution in [0, 0.1) is 10.1 Å². The van der Waals surface area contributed by atoms with Gasteiger partial charge in [0.15, 0.2) is 11.4 Å². The number of aliphatic imine (C=N–C) groups is 1. The van der Waals surface area contributed by atoms with E-state index in [1.807, 2.05) is 0 Å². The van der Waals surface area contributed by atoms with E-state index in [1.54, 1.807) is 24.3 Å². The number of hydrogen-bond acceptors (Lipinski definition) is 7. The van der Waals surface area contributed by atoms with Crippen LogP contribution in [-0.4, -0.2) is 29.8 Å². The molecule has 0 bridgehead atoms. The molecule has 0 aromatic heterocycles. The van der Waals surface area contributed by atoms with Crippen molar-refractivity contribution in [3.05, 3.63) is 69.4 Å². The van der Waals surface area contributed by atoms with E-state index in [9.17, 15) is 19.7 Å². The number of nitro benzene ring substituents is 1. The summed E-state index contributed by atoms with van der Waals surface area (Å²) in [5.74, 6) is -0.793. The van der Waals surface area contributed by atoms with Crippen LogP contribution >= 0.6 is 0 Å². The van der Waals surface area contributed by atoms with Crippen molar-refractivity contribution in [2.75, 3.05) is 12.4 Å². The molecule has 1 amide bonds. The number of carbonyl (C=O) groups is 2. The fourth-order valence-electron chi connectivity index (χ4n) is 2.52. The lowest BCUT2D eigenvalue weighted by Gasteiger charge is -2.03. The number of carbonyl (C=O) groups excluding carboxylic acids is 2. The van der Waals surface area contributed by atoms with Gasteiger partial charge in [0.25, 0.3) is 0 Å². The zero-order valence-electron chi connectivity index (χ0n) is 15.0.